The zero-order valence-electron chi connectivity index (χ0n) is 18.6. The second-order valence-corrected chi connectivity index (χ2v) is 7.95. The van der Waals surface area contributed by atoms with Crippen LogP contribution in [0.2, 0.25) is 0 Å². The summed E-state index contributed by atoms with van der Waals surface area (Å²) in [5.41, 5.74) is 3.00. The standard InChI is InChI=1S/C25H25FN4O4/c1-16(31)28-14-21-15-30(25(33)34-21)20-6-7-22(23(26)12-20)18-4-2-17(3-5-18)13-29-24(32)19-8-10-27-11-9-19/h2-12,21,25,33H,13-15H2,1H3,(H,28,31)(H,29,32)/t21-,25?/m0/s1. The van der Waals surface area contributed by atoms with Gasteiger partial charge >= 0.3 is 0 Å². The number of amides is 2. The van der Waals surface area contributed by atoms with Gasteiger partial charge in [-0.15, -0.1) is 0 Å². The number of nitrogens with zero attached hydrogens (tertiary/aromatic N) is 2. The average Bonchev–Trinajstić information content (AvgIpc) is 3.22. The van der Waals surface area contributed by atoms with E-state index in [1.54, 1.807) is 48.8 Å². The van der Waals surface area contributed by atoms with Gasteiger partial charge in [0.05, 0.1) is 12.6 Å². The van der Waals surface area contributed by atoms with Gasteiger partial charge in [-0.25, -0.2) is 4.39 Å². The van der Waals surface area contributed by atoms with E-state index in [9.17, 15) is 19.1 Å². The highest BCUT2D eigenvalue weighted by atomic mass is 19.1. The van der Waals surface area contributed by atoms with Gasteiger partial charge in [0.25, 0.3) is 5.91 Å². The fourth-order valence-corrected chi connectivity index (χ4v) is 3.71. The second kappa shape index (κ2) is 10.4. The zero-order valence-corrected chi connectivity index (χ0v) is 18.6. The van der Waals surface area contributed by atoms with Gasteiger partial charge in [-0.05, 0) is 41.5 Å². The summed E-state index contributed by atoms with van der Waals surface area (Å²) >= 11 is 0. The van der Waals surface area contributed by atoms with Crippen LogP contribution >= 0.6 is 0 Å². The Morgan fingerprint density at radius 3 is 2.53 bits per heavy atom. The Morgan fingerprint density at radius 1 is 1.12 bits per heavy atom. The molecule has 34 heavy (non-hydrogen) atoms. The number of aliphatic hydroxyl groups excluding tert-OH is 1. The summed E-state index contributed by atoms with van der Waals surface area (Å²) in [5.74, 6) is -0.816. The SMILES string of the molecule is CC(=O)NC[C@H]1CN(c2ccc(-c3ccc(CNC(=O)c4ccncc4)cc3)c(F)c2)C(O)O1. The number of hydrogen-bond acceptors (Lipinski definition) is 6. The minimum absolute atomic E-state index is 0.186. The van der Waals surface area contributed by atoms with Crippen molar-refractivity contribution in [3.8, 4) is 11.1 Å². The van der Waals surface area contributed by atoms with Gasteiger partial charge in [0.2, 0.25) is 12.3 Å². The normalized spacial score (nSPS) is 17.4. The molecule has 0 radical (unpaired) electrons. The summed E-state index contributed by atoms with van der Waals surface area (Å²) in [6.07, 6.45) is 1.51. The highest BCUT2D eigenvalue weighted by molar-refractivity contribution is 5.93. The lowest BCUT2D eigenvalue weighted by Gasteiger charge is -2.21. The first-order chi connectivity index (χ1) is 16.4. The lowest BCUT2D eigenvalue weighted by Crippen LogP contribution is -2.33. The minimum atomic E-state index is -1.22. The van der Waals surface area contributed by atoms with E-state index in [4.69, 9.17) is 4.74 Å². The third-order valence-electron chi connectivity index (χ3n) is 5.50. The number of aromatic nitrogens is 1. The topological polar surface area (TPSA) is 104 Å². The number of ether oxygens (including phenoxy) is 1. The Hall–Kier alpha value is -3.82. The van der Waals surface area contributed by atoms with Crippen LogP contribution in [0.15, 0.2) is 67.0 Å². The highest BCUT2D eigenvalue weighted by Crippen LogP contribution is 2.30. The second-order valence-electron chi connectivity index (χ2n) is 7.95. The Bertz CT molecular complexity index is 1160. The van der Waals surface area contributed by atoms with Crippen LogP contribution in [0.3, 0.4) is 0 Å². The van der Waals surface area contributed by atoms with E-state index in [2.05, 4.69) is 15.6 Å². The number of nitrogens with one attached hydrogen (secondary N) is 2. The molecule has 1 fully saturated rings. The molecule has 2 heterocycles. The molecule has 176 valence electrons. The third kappa shape index (κ3) is 5.56. The van der Waals surface area contributed by atoms with Crippen molar-refractivity contribution in [2.45, 2.75) is 26.0 Å². The number of halogens is 1. The lowest BCUT2D eigenvalue weighted by atomic mass is 10.0. The number of carbonyl (C=O) groups excluding carboxylic acids is 2. The summed E-state index contributed by atoms with van der Waals surface area (Å²) in [7, 11) is 0. The quantitative estimate of drug-likeness (QED) is 0.496. The van der Waals surface area contributed by atoms with Crippen molar-refractivity contribution in [2.24, 2.45) is 0 Å². The molecule has 2 aromatic carbocycles. The summed E-state index contributed by atoms with van der Waals surface area (Å²) in [4.78, 5) is 28.7. The van der Waals surface area contributed by atoms with E-state index in [0.29, 0.717) is 35.5 Å². The molecule has 1 aliphatic heterocycles. The maximum absolute atomic E-state index is 14.9. The molecule has 2 amide bonds. The molecule has 0 bridgehead atoms. The van der Waals surface area contributed by atoms with Crippen molar-refractivity contribution >= 4 is 17.5 Å². The number of anilines is 1. The first kappa shape index (κ1) is 23.3. The van der Waals surface area contributed by atoms with Crippen molar-refractivity contribution in [2.75, 3.05) is 18.0 Å². The average molecular weight is 464 g/mol. The number of pyridine rings is 1. The van der Waals surface area contributed by atoms with Crippen molar-refractivity contribution in [3.63, 3.8) is 0 Å². The van der Waals surface area contributed by atoms with Crippen LogP contribution in [0.1, 0.15) is 22.8 Å². The number of aliphatic hydroxyl groups is 1. The maximum atomic E-state index is 14.9. The maximum Gasteiger partial charge on any atom is 0.251 e. The minimum Gasteiger partial charge on any atom is -0.354 e. The van der Waals surface area contributed by atoms with Crippen LogP contribution in [0, 0.1) is 5.82 Å². The van der Waals surface area contributed by atoms with Gasteiger partial charge in [-0.2, -0.15) is 0 Å². The molecule has 0 saturated carbocycles. The van der Waals surface area contributed by atoms with Crippen LogP contribution < -0.4 is 15.5 Å². The number of hydrogen-bond donors (Lipinski definition) is 3. The van der Waals surface area contributed by atoms with Crippen LogP contribution in [0.25, 0.3) is 11.1 Å². The van der Waals surface area contributed by atoms with Gasteiger partial charge in [-0.3, -0.25) is 14.6 Å². The summed E-state index contributed by atoms with van der Waals surface area (Å²) in [6.45, 7) is 2.33. The molecule has 1 aliphatic rings. The predicted octanol–water partition coefficient (Wildman–Crippen LogP) is 2.43. The molecule has 1 aromatic heterocycles. The summed E-state index contributed by atoms with van der Waals surface area (Å²) < 4.78 is 20.4. The Kier molecular flexibility index (Phi) is 7.15. The Labute approximate surface area is 196 Å². The molecule has 0 spiro atoms. The first-order valence-electron chi connectivity index (χ1n) is 10.8. The molecule has 1 saturated heterocycles. The lowest BCUT2D eigenvalue weighted by molar-refractivity contribution is -0.121. The van der Waals surface area contributed by atoms with Crippen molar-refractivity contribution in [3.05, 3.63) is 83.9 Å². The zero-order chi connectivity index (χ0) is 24.1. The third-order valence-corrected chi connectivity index (χ3v) is 5.50. The Morgan fingerprint density at radius 2 is 1.85 bits per heavy atom. The first-order valence-corrected chi connectivity index (χ1v) is 10.8. The van der Waals surface area contributed by atoms with Crippen LogP contribution in [-0.2, 0) is 16.1 Å². The van der Waals surface area contributed by atoms with E-state index < -0.39 is 18.3 Å². The molecular weight excluding hydrogens is 439 g/mol. The van der Waals surface area contributed by atoms with Crippen LogP contribution in [0.5, 0.6) is 0 Å². The Balaban J connectivity index is 1.39. The summed E-state index contributed by atoms with van der Waals surface area (Å²) in [6, 6.07) is 15.3. The monoisotopic (exact) mass is 464 g/mol. The number of carbonyl (C=O) groups is 2. The molecule has 3 aromatic rings. The predicted molar refractivity (Wildman–Crippen MR) is 124 cm³/mol. The molecule has 8 nitrogen and oxygen atoms in total. The van der Waals surface area contributed by atoms with E-state index in [1.807, 2.05) is 12.1 Å². The van der Waals surface area contributed by atoms with Crippen LogP contribution in [-0.4, -0.2) is 47.5 Å². The van der Waals surface area contributed by atoms with Gasteiger partial charge in [0.1, 0.15) is 5.82 Å². The summed E-state index contributed by atoms with van der Waals surface area (Å²) in [5, 5.41) is 15.7. The van der Waals surface area contributed by atoms with Gasteiger partial charge in [0, 0.05) is 49.2 Å². The molecule has 3 N–H and O–H groups in total. The van der Waals surface area contributed by atoms with E-state index in [-0.39, 0.29) is 18.4 Å². The molecule has 0 aliphatic carbocycles. The van der Waals surface area contributed by atoms with Crippen molar-refractivity contribution in [1.82, 2.24) is 15.6 Å². The number of benzene rings is 2. The molecule has 9 heteroatoms. The van der Waals surface area contributed by atoms with E-state index >= 15 is 0 Å². The molecule has 4 rings (SSSR count). The molecule has 1 unspecified atom stereocenters. The van der Waals surface area contributed by atoms with Gasteiger partial charge in [0.15, 0.2) is 0 Å². The number of rotatable bonds is 7. The van der Waals surface area contributed by atoms with Crippen molar-refractivity contribution < 1.29 is 23.8 Å². The largest absolute Gasteiger partial charge is 0.354 e. The smallest absolute Gasteiger partial charge is 0.251 e. The van der Waals surface area contributed by atoms with Gasteiger partial charge in [-0.1, -0.05) is 24.3 Å². The highest BCUT2D eigenvalue weighted by Gasteiger charge is 2.32. The van der Waals surface area contributed by atoms with E-state index in [1.165, 1.54) is 17.9 Å². The van der Waals surface area contributed by atoms with Crippen molar-refractivity contribution in [1.29, 1.82) is 0 Å². The fourth-order valence-electron chi connectivity index (χ4n) is 3.71. The molecule has 2 atom stereocenters. The van der Waals surface area contributed by atoms with E-state index in [0.717, 1.165) is 5.56 Å². The molecular formula is C25H25FN4O4. The van der Waals surface area contributed by atoms with Gasteiger partial charge < -0.3 is 25.4 Å². The van der Waals surface area contributed by atoms with Crippen LogP contribution in [0.4, 0.5) is 10.1 Å². The fraction of sp³-hybridized carbons (Fsp3) is 0.240.